The smallest absolute Gasteiger partial charge is 0.0634 e. The average molecular weight is 284 g/mol. The average Bonchev–Trinajstić information content (AvgIpc) is 2.91. The standard InChI is InChI=1S/C14H22ClN3O/c1-19-8-7-18(11-13-3-2-5-17-13)10-12-4-6-16-9-14(12)15/h4,6,9,13,17H,2-3,5,7-8,10-11H2,1H3. The van der Waals surface area contributed by atoms with Gasteiger partial charge >= 0.3 is 0 Å². The van der Waals surface area contributed by atoms with Gasteiger partial charge in [-0.15, -0.1) is 0 Å². The predicted molar refractivity (Wildman–Crippen MR) is 77.4 cm³/mol. The van der Waals surface area contributed by atoms with Crippen LogP contribution in [0.15, 0.2) is 18.5 Å². The van der Waals surface area contributed by atoms with E-state index < -0.39 is 0 Å². The van der Waals surface area contributed by atoms with Gasteiger partial charge in [-0.05, 0) is 31.0 Å². The molecule has 2 rings (SSSR count). The second-order valence-corrected chi connectivity index (χ2v) is 5.40. The van der Waals surface area contributed by atoms with Crippen LogP contribution < -0.4 is 5.32 Å². The molecule has 1 unspecified atom stereocenters. The summed E-state index contributed by atoms with van der Waals surface area (Å²) in [6.45, 7) is 4.70. The molecule has 4 nitrogen and oxygen atoms in total. The van der Waals surface area contributed by atoms with E-state index in [0.29, 0.717) is 6.04 Å². The molecule has 0 saturated carbocycles. The molecule has 0 amide bonds. The predicted octanol–water partition coefficient (Wildman–Crippen LogP) is 1.94. The van der Waals surface area contributed by atoms with Crippen LogP contribution in [-0.2, 0) is 11.3 Å². The molecule has 1 aromatic rings. The number of ether oxygens (including phenoxy) is 1. The Kier molecular flexibility index (Phi) is 6.04. The molecule has 1 aliphatic heterocycles. The molecule has 1 fully saturated rings. The van der Waals surface area contributed by atoms with Crippen molar-refractivity contribution in [2.24, 2.45) is 0 Å². The molecule has 0 radical (unpaired) electrons. The zero-order valence-electron chi connectivity index (χ0n) is 11.4. The van der Waals surface area contributed by atoms with E-state index in [-0.39, 0.29) is 0 Å². The molecule has 0 spiro atoms. The van der Waals surface area contributed by atoms with Gasteiger partial charge in [0.1, 0.15) is 0 Å². The lowest BCUT2D eigenvalue weighted by molar-refractivity contribution is 0.138. The first kappa shape index (κ1) is 14.7. The number of nitrogens with one attached hydrogen (secondary N) is 1. The van der Waals surface area contributed by atoms with Crippen LogP contribution in [0.4, 0.5) is 0 Å². The number of rotatable bonds is 7. The summed E-state index contributed by atoms with van der Waals surface area (Å²) in [6, 6.07) is 2.59. The van der Waals surface area contributed by atoms with Gasteiger partial charge in [-0.2, -0.15) is 0 Å². The third kappa shape index (κ3) is 4.73. The van der Waals surface area contributed by atoms with E-state index in [4.69, 9.17) is 16.3 Å². The quantitative estimate of drug-likeness (QED) is 0.830. The summed E-state index contributed by atoms with van der Waals surface area (Å²) in [5.74, 6) is 0. The zero-order chi connectivity index (χ0) is 13.5. The van der Waals surface area contributed by atoms with Crippen molar-refractivity contribution in [1.29, 1.82) is 0 Å². The Morgan fingerprint density at radius 1 is 1.58 bits per heavy atom. The van der Waals surface area contributed by atoms with Crippen molar-refractivity contribution < 1.29 is 4.74 Å². The number of pyridine rings is 1. The fourth-order valence-corrected chi connectivity index (χ4v) is 2.63. The summed E-state index contributed by atoms with van der Waals surface area (Å²) in [5, 5.41) is 4.28. The molecule has 0 bridgehead atoms. The molecule has 2 heterocycles. The summed E-state index contributed by atoms with van der Waals surface area (Å²) in [4.78, 5) is 6.43. The van der Waals surface area contributed by atoms with Crippen LogP contribution in [-0.4, -0.2) is 49.3 Å². The van der Waals surface area contributed by atoms with Crippen LogP contribution >= 0.6 is 11.6 Å². The molecule has 0 aliphatic carbocycles. The van der Waals surface area contributed by atoms with Gasteiger partial charge in [-0.3, -0.25) is 9.88 Å². The number of hydrogen-bond acceptors (Lipinski definition) is 4. The van der Waals surface area contributed by atoms with Crippen molar-refractivity contribution in [3.63, 3.8) is 0 Å². The number of nitrogens with zero attached hydrogens (tertiary/aromatic N) is 2. The molecule has 1 saturated heterocycles. The Labute approximate surface area is 120 Å². The van der Waals surface area contributed by atoms with Crippen LogP contribution in [0.5, 0.6) is 0 Å². The van der Waals surface area contributed by atoms with E-state index in [1.54, 1.807) is 19.5 Å². The first-order valence-electron chi connectivity index (χ1n) is 6.82. The van der Waals surface area contributed by atoms with Gasteiger partial charge in [0.25, 0.3) is 0 Å². The number of hydrogen-bond donors (Lipinski definition) is 1. The first-order valence-corrected chi connectivity index (χ1v) is 7.20. The van der Waals surface area contributed by atoms with Crippen LogP contribution in [0.2, 0.25) is 5.02 Å². The topological polar surface area (TPSA) is 37.4 Å². The zero-order valence-corrected chi connectivity index (χ0v) is 12.2. The lowest BCUT2D eigenvalue weighted by Crippen LogP contribution is -2.38. The summed E-state index contributed by atoms with van der Waals surface area (Å²) in [7, 11) is 1.74. The Morgan fingerprint density at radius 2 is 2.47 bits per heavy atom. The van der Waals surface area contributed by atoms with E-state index in [1.807, 2.05) is 6.07 Å². The molecule has 1 atom stereocenters. The highest BCUT2D eigenvalue weighted by atomic mass is 35.5. The highest BCUT2D eigenvalue weighted by Crippen LogP contribution is 2.17. The van der Waals surface area contributed by atoms with E-state index in [9.17, 15) is 0 Å². The summed E-state index contributed by atoms with van der Waals surface area (Å²) < 4.78 is 5.20. The van der Waals surface area contributed by atoms with Gasteiger partial charge in [0, 0.05) is 45.2 Å². The van der Waals surface area contributed by atoms with Gasteiger partial charge in [0.15, 0.2) is 0 Å². The van der Waals surface area contributed by atoms with E-state index in [1.165, 1.54) is 12.8 Å². The summed E-state index contributed by atoms with van der Waals surface area (Å²) >= 11 is 6.18. The van der Waals surface area contributed by atoms with Crippen molar-refractivity contribution in [2.45, 2.75) is 25.4 Å². The first-order chi connectivity index (χ1) is 9.29. The van der Waals surface area contributed by atoms with Gasteiger partial charge < -0.3 is 10.1 Å². The molecule has 1 aromatic heterocycles. The molecule has 1 aliphatic rings. The molecular weight excluding hydrogens is 262 g/mol. The monoisotopic (exact) mass is 283 g/mol. The van der Waals surface area contributed by atoms with Gasteiger partial charge in [-0.1, -0.05) is 11.6 Å². The number of halogens is 1. The van der Waals surface area contributed by atoms with Crippen LogP contribution in [0, 0.1) is 0 Å². The lowest BCUT2D eigenvalue weighted by atomic mass is 10.2. The maximum atomic E-state index is 6.18. The van der Waals surface area contributed by atoms with Crippen molar-refractivity contribution in [2.75, 3.05) is 33.4 Å². The van der Waals surface area contributed by atoms with E-state index in [0.717, 1.165) is 43.4 Å². The Morgan fingerprint density at radius 3 is 3.16 bits per heavy atom. The largest absolute Gasteiger partial charge is 0.383 e. The van der Waals surface area contributed by atoms with Gasteiger partial charge in [0.05, 0.1) is 11.6 Å². The fraction of sp³-hybridized carbons (Fsp3) is 0.643. The Bertz CT molecular complexity index is 383. The highest BCUT2D eigenvalue weighted by molar-refractivity contribution is 6.31. The summed E-state index contributed by atoms with van der Waals surface area (Å²) in [5.41, 5.74) is 1.13. The van der Waals surface area contributed by atoms with Crippen LogP contribution in [0.25, 0.3) is 0 Å². The number of aromatic nitrogens is 1. The van der Waals surface area contributed by atoms with Crippen molar-refractivity contribution in [1.82, 2.24) is 15.2 Å². The molecule has 106 valence electrons. The van der Waals surface area contributed by atoms with Crippen molar-refractivity contribution in [3.05, 3.63) is 29.0 Å². The van der Waals surface area contributed by atoms with Crippen molar-refractivity contribution >= 4 is 11.6 Å². The van der Waals surface area contributed by atoms with Crippen LogP contribution in [0.1, 0.15) is 18.4 Å². The second kappa shape index (κ2) is 7.80. The fourth-order valence-electron chi connectivity index (χ4n) is 2.45. The molecule has 1 N–H and O–H groups in total. The molecule has 19 heavy (non-hydrogen) atoms. The Balaban J connectivity index is 1.94. The van der Waals surface area contributed by atoms with Crippen LogP contribution in [0.3, 0.4) is 0 Å². The van der Waals surface area contributed by atoms with Gasteiger partial charge in [-0.25, -0.2) is 0 Å². The molecule has 5 heteroatoms. The maximum Gasteiger partial charge on any atom is 0.0634 e. The molecule has 0 aromatic carbocycles. The third-order valence-electron chi connectivity index (χ3n) is 3.50. The third-order valence-corrected chi connectivity index (χ3v) is 3.84. The maximum absolute atomic E-state index is 6.18. The normalized spacial score (nSPS) is 19.2. The second-order valence-electron chi connectivity index (χ2n) is 4.99. The van der Waals surface area contributed by atoms with E-state index in [2.05, 4.69) is 15.2 Å². The summed E-state index contributed by atoms with van der Waals surface area (Å²) in [6.07, 6.45) is 6.04. The Hall–Kier alpha value is -0.680. The van der Waals surface area contributed by atoms with Gasteiger partial charge in [0.2, 0.25) is 0 Å². The highest BCUT2D eigenvalue weighted by Gasteiger charge is 2.18. The number of methoxy groups -OCH3 is 1. The lowest BCUT2D eigenvalue weighted by Gasteiger charge is -2.25. The van der Waals surface area contributed by atoms with E-state index >= 15 is 0 Å². The minimum Gasteiger partial charge on any atom is -0.383 e. The minimum atomic E-state index is 0.595. The SMILES string of the molecule is COCCN(Cc1ccncc1Cl)CC1CCCN1. The van der Waals surface area contributed by atoms with Crippen molar-refractivity contribution in [3.8, 4) is 0 Å². The minimum absolute atomic E-state index is 0.595. The molecular formula is C14H22ClN3O.